The summed E-state index contributed by atoms with van der Waals surface area (Å²) in [6.45, 7) is 6.57. The zero-order valence-corrected chi connectivity index (χ0v) is 9.90. The van der Waals surface area contributed by atoms with Crippen LogP contribution in [-0.4, -0.2) is 23.5 Å². The third-order valence-electron chi connectivity index (χ3n) is 2.62. The fourth-order valence-electron chi connectivity index (χ4n) is 1.57. The summed E-state index contributed by atoms with van der Waals surface area (Å²) in [5, 5.41) is 0. The predicted molar refractivity (Wildman–Crippen MR) is 64.4 cm³/mol. The van der Waals surface area contributed by atoms with E-state index in [0.29, 0.717) is 5.82 Å². The van der Waals surface area contributed by atoms with Crippen molar-refractivity contribution in [3.63, 3.8) is 0 Å². The van der Waals surface area contributed by atoms with E-state index < -0.39 is 0 Å². The number of nitrogens with zero attached hydrogens (tertiary/aromatic N) is 2. The minimum absolute atomic E-state index is 0.586. The van der Waals surface area contributed by atoms with Gasteiger partial charge in [0.15, 0.2) is 0 Å². The molecule has 0 radical (unpaired) electrons. The summed E-state index contributed by atoms with van der Waals surface area (Å²) in [4.78, 5) is 6.40. The first-order valence-electron chi connectivity index (χ1n) is 5.50. The number of hydrogen-bond donors (Lipinski definition) is 1. The van der Waals surface area contributed by atoms with Crippen LogP contribution in [0.15, 0.2) is 18.3 Å². The van der Waals surface area contributed by atoms with Crippen molar-refractivity contribution in [1.29, 1.82) is 0 Å². The number of rotatable bonds is 5. The van der Waals surface area contributed by atoms with Crippen LogP contribution in [0.2, 0.25) is 0 Å². The normalized spacial score (nSPS) is 13.1. The second-order valence-electron chi connectivity index (χ2n) is 4.30. The summed E-state index contributed by atoms with van der Waals surface area (Å²) in [5.74, 6) is 1.33. The third kappa shape index (κ3) is 4.30. The maximum absolute atomic E-state index is 5.54. The highest BCUT2D eigenvalue weighted by Crippen LogP contribution is 2.08. The van der Waals surface area contributed by atoms with Gasteiger partial charge in [0.05, 0.1) is 0 Å². The van der Waals surface area contributed by atoms with Gasteiger partial charge in [0.2, 0.25) is 0 Å². The van der Waals surface area contributed by atoms with E-state index in [1.807, 2.05) is 18.3 Å². The van der Waals surface area contributed by atoms with E-state index in [-0.39, 0.29) is 0 Å². The summed E-state index contributed by atoms with van der Waals surface area (Å²) in [6.07, 6.45) is 3.08. The van der Waals surface area contributed by atoms with E-state index in [9.17, 15) is 0 Å². The summed E-state index contributed by atoms with van der Waals surface area (Å²) in [6, 6.07) is 3.89. The van der Waals surface area contributed by atoms with Gasteiger partial charge in [-0.2, -0.15) is 0 Å². The van der Waals surface area contributed by atoms with Crippen molar-refractivity contribution in [3.05, 3.63) is 23.9 Å². The number of pyridine rings is 1. The highest BCUT2D eigenvalue weighted by atomic mass is 15.1. The predicted octanol–water partition coefficient (Wildman–Crippen LogP) is 2.14. The molecular formula is C12H21N3. The summed E-state index contributed by atoms with van der Waals surface area (Å²) in [5.41, 5.74) is 6.75. The van der Waals surface area contributed by atoms with E-state index in [4.69, 9.17) is 5.73 Å². The monoisotopic (exact) mass is 207 g/mol. The number of hydrogen-bond acceptors (Lipinski definition) is 3. The Morgan fingerprint density at radius 1 is 1.47 bits per heavy atom. The maximum atomic E-state index is 5.54. The van der Waals surface area contributed by atoms with Crippen molar-refractivity contribution in [2.24, 2.45) is 5.92 Å². The molecule has 2 N–H and O–H groups in total. The Bertz CT molecular complexity index is 281. The van der Waals surface area contributed by atoms with Crippen molar-refractivity contribution < 1.29 is 0 Å². The molecule has 15 heavy (non-hydrogen) atoms. The first-order chi connectivity index (χ1) is 7.11. The molecule has 0 saturated carbocycles. The van der Waals surface area contributed by atoms with Crippen LogP contribution >= 0.6 is 0 Å². The molecule has 0 saturated heterocycles. The highest BCUT2D eigenvalue weighted by molar-refractivity contribution is 5.29. The standard InChI is InChI=1S/C12H21N3/c1-4-10(2)8-15(3)9-11-5-6-12(13)14-7-11/h5-7,10H,4,8-9H2,1-3H3,(H2,13,14). The van der Waals surface area contributed by atoms with Gasteiger partial charge in [-0.25, -0.2) is 4.98 Å². The average molecular weight is 207 g/mol. The molecule has 1 aromatic heterocycles. The van der Waals surface area contributed by atoms with E-state index in [1.54, 1.807) is 0 Å². The van der Waals surface area contributed by atoms with Gasteiger partial charge in [-0.3, -0.25) is 0 Å². The zero-order chi connectivity index (χ0) is 11.3. The van der Waals surface area contributed by atoms with Crippen LogP contribution in [0.4, 0.5) is 5.82 Å². The molecule has 0 aliphatic rings. The van der Waals surface area contributed by atoms with Crippen molar-refractivity contribution >= 4 is 5.82 Å². The molecule has 0 aliphatic carbocycles. The Hall–Kier alpha value is -1.09. The number of anilines is 1. The van der Waals surface area contributed by atoms with Crippen molar-refractivity contribution in [1.82, 2.24) is 9.88 Å². The quantitative estimate of drug-likeness (QED) is 0.804. The van der Waals surface area contributed by atoms with Crippen LogP contribution in [0.5, 0.6) is 0 Å². The molecule has 0 fully saturated rings. The SMILES string of the molecule is CCC(C)CN(C)Cc1ccc(N)nc1. The van der Waals surface area contributed by atoms with Crippen molar-refractivity contribution in [2.75, 3.05) is 19.3 Å². The first kappa shape index (κ1) is 12.0. The van der Waals surface area contributed by atoms with Gasteiger partial charge >= 0.3 is 0 Å². The smallest absolute Gasteiger partial charge is 0.123 e. The summed E-state index contributed by atoms with van der Waals surface area (Å²) < 4.78 is 0. The van der Waals surface area contributed by atoms with Gasteiger partial charge < -0.3 is 10.6 Å². The van der Waals surface area contributed by atoms with Gasteiger partial charge in [-0.05, 0) is 24.6 Å². The van der Waals surface area contributed by atoms with Gasteiger partial charge in [0, 0.05) is 19.3 Å². The Kier molecular flexibility index (Phi) is 4.56. The third-order valence-corrected chi connectivity index (χ3v) is 2.62. The van der Waals surface area contributed by atoms with Gasteiger partial charge in [-0.15, -0.1) is 0 Å². The molecule has 0 spiro atoms. The Labute approximate surface area is 92.3 Å². The first-order valence-corrected chi connectivity index (χ1v) is 5.50. The molecule has 0 aromatic carbocycles. The lowest BCUT2D eigenvalue weighted by molar-refractivity contribution is 0.275. The van der Waals surface area contributed by atoms with Crippen LogP contribution < -0.4 is 5.73 Å². The Balaban J connectivity index is 2.44. The van der Waals surface area contributed by atoms with E-state index >= 15 is 0 Å². The molecule has 0 aliphatic heterocycles. The molecule has 1 atom stereocenters. The second kappa shape index (κ2) is 5.71. The topological polar surface area (TPSA) is 42.1 Å². The summed E-state index contributed by atoms with van der Waals surface area (Å²) >= 11 is 0. The number of nitrogen functional groups attached to an aromatic ring is 1. The van der Waals surface area contributed by atoms with Crippen LogP contribution in [0, 0.1) is 5.92 Å². The number of aromatic nitrogens is 1. The molecule has 1 rings (SSSR count). The molecule has 84 valence electrons. The fourth-order valence-corrected chi connectivity index (χ4v) is 1.57. The molecule has 1 aromatic rings. The minimum atomic E-state index is 0.586. The van der Waals surface area contributed by atoms with Crippen molar-refractivity contribution in [2.45, 2.75) is 26.8 Å². The van der Waals surface area contributed by atoms with Crippen LogP contribution in [0.1, 0.15) is 25.8 Å². The lowest BCUT2D eigenvalue weighted by Gasteiger charge is -2.20. The number of nitrogens with two attached hydrogens (primary N) is 1. The average Bonchev–Trinajstić information content (AvgIpc) is 2.21. The molecule has 0 amide bonds. The zero-order valence-electron chi connectivity index (χ0n) is 9.90. The second-order valence-corrected chi connectivity index (χ2v) is 4.30. The van der Waals surface area contributed by atoms with E-state index in [0.717, 1.165) is 19.0 Å². The molecule has 1 heterocycles. The molecule has 0 bridgehead atoms. The van der Waals surface area contributed by atoms with Crippen LogP contribution in [-0.2, 0) is 6.54 Å². The lowest BCUT2D eigenvalue weighted by Crippen LogP contribution is -2.23. The minimum Gasteiger partial charge on any atom is -0.384 e. The summed E-state index contributed by atoms with van der Waals surface area (Å²) in [7, 11) is 2.14. The molecular weight excluding hydrogens is 186 g/mol. The van der Waals surface area contributed by atoms with E-state index in [1.165, 1.54) is 12.0 Å². The van der Waals surface area contributed by atoms with Gasteiger partial charge in [0.1, 0.15) is 5.82 Å². The Morgan fingerprint density at radius 3 is 2.73 bits per heavy atom. The van der Waals surface area contributed by atoms with Gasteiger partial charge in [-0.1, -0.05) is 26.3 Å². The highest BCUT2D eigenvalue weighted by Gasteiger charge is 2.05. The van der Waals surface area contributed by atoms with E-state index in [2.05, 4.69) is 30.8 Å². The van der Waals surface area contributed by atoms with Crippen molar-refractivity contribution in [3.8, 4) is 0 Å². The Morgan fingerprint density at radius 2 is 2.20 bits per heavy atom. The molecule has 3 heteroatoms. The lowest BCUT2D eigenvalue weighted by atomic mass is 10.1. The van der Waals surface area contributed by atoms with Gasteiger partial charge in [0.25, 0.3) is 0 Å². The van der Waals surface area contributed by atoms with Crippen LogP contribution in [0.3, 0.4) is 0 Å². The largest absolute Gasteiger partial charge is 0.384 e. The molecule has 3 nitrogen and oxygen atoms in total. The molecule has 1 unspecified atom stereocenters. The fraction of sp³-hybridized carbons (Fsp3) is 0.583. The van der Waals surface area contributed by atoms with Crippen LogP contribution in [0.25, 0.3) is 0 Å². The maximum Gasteiger partial charge on any atom is 0.123 e.